The van der Waals surface area contributed by atoms with E-state index < -0.39 is 0 Å². The Morgan fingerprint density at radius 1 is 0.800 bits per heavy atom. The van der Waals surface area contributed by atoms with Gasteiger partial charge in [-0.3, -0.25) is 0 Å². The molecular weight excluding hydrogens is 316 g/mol. The second-order valence-corrected chi connectivity index (χ2v) is 9.67. The minimum Gasteiger partial charge on any atom is -0.0714 e. The van der Waals surface area contributed by atoms with Crippen LogP contribution in [0.25, 0.3) is 0 Å². The fraction of sp³-hybridized carbons (Fsp3) is 1.00. The molecule has 0 amide bonds. The van der Waals surface area contributed by atoms with Crippen molar-refractivity contribution in [3.8, 4) is 0 Å². The first-order valence-corrected chi connectivity index (χ1v) is 8.15. The van der Waals surface area contributed by atoms with Gasteiger partial charge in [-0.2, -0.15) is 0 Å². The lowest BCUT2D eigenvalue weighted by molar-refractivity contribution is 0.485. The lowest BCUT2D eigenvalue weighted by atomic mass is 10.0. The average Bonchev–Trinajstić information content (AvgIpc) is 2.99. The van der Waals surface area contributed by atoms with Crippen molar-refractivity contribution < 1.29 is 0 Å². The molecule has 0 aromatic heterocycles. The monoisotopic (exact) mass is 332 g/mol. The van der Waals surface area contributed by atoms with Gasteiger partial charge >= 0.3 is 0 Å². The van der Waals surface area contributed by atoms with Gasteiger partial charge < -0.3 is 0 Å². The maximum atomic E-state index is 4.01. The Kier molecular flexibility index (Phi) is 1.78. The third-order valence-electron chi connectivity index (χ3n) is 5.93. The number of halogens is 2. The summed E-state index contributed by atoms with van der Waals surface area (Å²) in [7, 11) is 0. The van der Waals surface area contributed by atoms with Gasteiger partial charge in [-0.05, 0) is 37.5 Å². The van der Waals surface area contributed by atoms with E-state index >= 15 is 0 Å². The Labute approximate surface area is 109 Å². The second-order valence-electron chi connectivity index (χ2n) is 6.23. The summed E-state index contributed by atoms with van der Waals surface area (Å²) in [5.74, 6) is 2.14. The molecule has 84 valence electrons. The second kappa shape index (κ2) is 2.68. The molecule has 2 unspecified atom stereocenters. The molecule has 4 aliphatic carbocycles. The first-order valence-electron chi connectivity index (χ1n) is 6.56. The molecule has 0 heterocycles. The van der Waals surface area contributed by atoms with Crippen molar-refractivity contribution in [3.05, 3.63) is 0 Å². The number of alkyl halides is 2. The van der Waals surface area contributed by atoms with Crippen LogP contribution in [0.5, 0.6) is 0 Å². The van der Waals surface area contributed by atoms with E-state index in [4.69, 9.17) is 0 Å². The molecule has 0 aromatic rings. The highest BCUT2D eigenvalue weighted by Crippen LogP contribution is 3.03. The van der Waals surface area contributed by atoms with Crippen LogP contribution in [-0.4, -0.2) is 3.23 Å². The first-order chi connectivity index (χ1) is 7.18. The third kappa shape index (κ3) is 0.863. The van der Waals surface area contributed by atoms with Gasteiger partial charge in [-0.25, -0.2) is 0 Å². The van der Waals surface area contributed by atoms with Crippen LogP contribution in [0.15, 0.2) is 0 Å². The summed E-state index contributed by atoms with van der Waals surface area (Å²) < 4.78 is 0.361. The Bertz CT molecular complexity index is 296. The number of rotatable bonds is 0. The molecule has 2 atom stereocenters. The number of fused-ring (bicyclic) bond motifs is 4. The van der Waals surface area contributed by atoms with E-state index in [0.29, 0.717) is 14.1 Å². The highest BCUT2D eigenvalue weighted by atomic mass is 79.9. The quantitative estimate of drug-likeness (QED) is 0.556. The molecule has 2 spiro atoms. The predicted molar refractivity (Wildman–Crippen MR) is 69.4 cm³/mol. The number of hydrogen-bond donors (Lipinski definition) is 0. The summed E-state index contributed by atoms with van der Waals surface area (Å²) >= 11 is 8.02. The van der Waals surface area contributed by atoms with Crippen molar-refractivity contribution in [2.45, 2.75) is 54.6 Å². The molecule has 0 nitrogen and oxygen atoms in total. The summed E-state index contributed by atoms with van der Waals surface area (Å²) in [6.45, 7) is 0. The lowest BCUT2D eigenvalue weighted by Gasteiger charge is -2.05. The van der Waals surface area contributed by atoms with Crippen molar-refractivity contribution in [1.29, 1.82) is 0 Å². The van der Waals surface area contributed by atoms with Crippen LogP contribution in [0.2, 0.25) is 0 Å². The topological polar surface area (TPSA) is 0 Å². The zero-order valence-electron chi connectivity index (χ0n) is 9.07. The predicted octanol–water partition coefficient (Wildman–Crippen LogP) is 4.85. The van der Waals surface area contributed by atoms with Crippen LogP contribution in [0.1, 0.15) is 51.4 Å². The Hall–Kier alpha value is 0.960. The Balaban J connectivity index is 1.65. The number of hydrogen-bond acceptors (Lipinski definition) is 0. The third-order valence-corrected chi connectivity index (χ3v) is 8.76. The van der Waals surface area contributed by atoms with Crippen LogP contribution in [0.3, 0.4) is 0 Å². The van der Waals surface area contributed by atoms with Crippen LogP contribution >= 0.6 is 31.9 Å². The van der Waals surface area contributed by atoms with Crippen LogP contribution < -0.4 is 0 Å². The van der Waals surface area contributed by atoms with E-state index in [1.54, 1.807) is 0 Å². The minimum absolute atomic E-state index is 0.361. The SMILES string of the molecule is BrC1(Br)C2(CC2)C12C1CCCCCCC12. The van der Waals surface area contributed by atoms with Gasteiger partial charge in [0.05, 0.1) is 3.23 Å². The fourth-order valence-electron chi connectivity index (χ4n) is 5.16. The van der Waals surface area contributed by atoms with E-state index in [2.05, 4.69) is 31.9 Å². The molecule has 4 fully saturated rings. The summed E-state index contributed by atoms with van der Waals surface area (Å²) in [6, 6.07) is 0. The summed E-state index contributed by atoms with van der Waals surface area (Å²) in [6.07, 6.45) is 12.0. The van der Waals surface area contributed by atoms with E-state index in [1.165, 1.54) is 51.4 Å². The van der Waals surface area contributed by atoms with Gasteiger partial charge in [0.1, 0.15) is 0 Å². The van der Waals surface area contributed by atoms with Gasteiger partial charge in [0.2, 0.25) is 0 Å². The maximum Gasteiger partial charge on any atom is 0.0935 e. The molecule has 4 saturated carbocycles. The summed E-state index contributed by atoms with van der Waals surface area (Å²) in [4.78, 5) is 0. The molecule has 0 aliphatic heterocycles. The van der Waals surface area contributed by atoms with E-state index in [-0.39, 0.29) is 0 Å². The van der Waals surface area contributed by atoms with Crippen molar-refractivity contribution in [1.82, 2.24) is 0 Å². The van der Waals surface area contributed by atoms with Gasteiger partial charge in [0.25, 0.3) is 0 Å². The Morgan fingerprint density at radius 2 is 1.33 bits per heavy atom. The molecule has 2 heteroatoms. The summed E-state index contributed by atoms with van der Waals surface area (Å²) in [5.41, 5.74) is 1.42. The average molecular weight is 334 g/mol. The zero-order chi connectivity index (χ0) is 10.3. The molecule has 0 N–H and O–H groups in total. The van der Waals surface area contributed by atoms with Crippen LogP contribution in [-0.2, 0) is 0 Å². The largest absolute Gasteiger partial charge is 0.0935 e. The smallest absolute Gasteiger partial charge is 0.0714 e. The standard InChI is InChI=1S/C13H18Br2/c14-13(15)11(7-8-11)12(13)9-5-3-1-2-4-6-10(9)12/h9-10H,1-8H2. The van der Waals surface area contributed by atoms with E-state index in [0.717, 1.165) is 11.8 Å². The van der Waals surface area contributed by atoms with Gasteiger partial charge in [-0.15, -0.1) is 0 Å². The lowest BCUT2D eigenvalue weighted by Crippen LogP contribution is -1.91. The van der Waals surface area contributed by atoms with E-state index in [9.17, 15) is 0 Å². The zero-order valence-corrected chi connectivity index (χ0v) is 12.2. The molecule has 4 aliphatic rings. The van der Waals surface area contributed by atoms with Crippen LogP contribution in [0.4, 0.5) is 0 Å². The van der Waals surface area contributed by atoms with Crippen molar-refractivity contribution in [2.24, 2.45) is 22.7 Å². The fourth-order valence-corrected chi connectivity index (χ4v) is 8.35. The molecular formula is C13H18Br2. The molecule has 0 aromatic carbocycles. The molecule has 0 saturated heterocycles. The van der Waals surface area contributed by atoms with Gasteiger partial charge in [-0.1, -0.05) is 57.5 Å². The first kappa shape index (κ1) is 9.94. The van der Waals surface area contributed by atoms with Crippen LogP contribution in [0, 0.1) is 22.7 Å². The highest BCUT2D eigenvalue weighted by Gasteiger charge is 3.00. The molecule has 15 heavy (non-hydrogen) atoms. The van der Waals surface area contributed by atoms with Crippen molar-refractivity contribution in [2.75, 3.05) is 0 Å². The van der Waals surface area contributed by atoms with E-state index in [1.807, 2.05) is 0 Å². The molecule has 0 bridgehead atoms. The normalized spacial score (nSPS) is 53.2. The Morgan fingerprint density at radius 3 is 1.73 bits per heavy atom. The van der Waals surface area contributed by atoms with Gasteiger partial charge in [0, 0.05) is 10.8 Å². The molecule has 0 radical (unpaired) electrons. The maximum absolute atomic E-state index is 4.01. The van der Waals surface area contributed by atoms with Crippen molar-refractivity contribution >= 4 is 31.9 Å². The minimum atomic E-state index is 0.361. The van der Waals surface area contributed by atoms with Crippen molar-refractivity contribution in [3.63, 3.8) is 0 Å². The summed E-state index contributed by atoms with van der Waals surface area (Å²) in [5, 5.41) is 0. The highest BCUT2D eigenvalue weighted by molar-refractivity contribution is 9.25. The molecule has 4 rings (SSSR count). The van der Waals surface area contributed by atoms with Gasteiger partial charge in [0.15, 0.2) is 0 Å².